The zero-order valence-corrected chi connectivity index (χ0v) is 14.5. The lowest BCUT2D eigenvalue weighted by atomic mass is 10.1. The first kappa shape index (κ1) is 17.0. The predicted molar refractivity (Wildman–Crippen MR) is 98.0 cm³/mol. The van der Waals surface area contributed by atoms with Gasteiger partial charge in [0.15, 0.2) is 0 Å². The number of para-hydroxylation sites is 2. The second-order valence-electron chi connectivity index (χ2n) is 5.92. The highest BCUT2D eigenvalue weighted by Gasteiger charge is 2.40. The normalized spacial score (nSPS) is 17.0. The van der Waals surface area contributed by atoms with Gasteiger partial charge < -0.3 is 10.1 Å². The summed E-state index contributed by atoms with van der Waals surface area (Å²) >= 11 is 0. The van der Waals surface area contributed by atoms with Crippen LogP contribution in [0, 0.1) is 0 Å². The number of aryl methyl sites for hydroxylation is 1. The Hall–Kier alpha value is -2.82. The summed E-state index contributed by atoms with van der Waals surface area (Å²) in [6.07, 6.45) is 1.10. The molecular weight excluding hydrogens is 316 g/mol. The maximum atomic E-state index is 12.8. The molecule has 0 spiro atoms. The van der Waals surface area contributed by atoms with Crippen LogP contribution >= 0.6 is 0 Å². The predicted octanol–water partition coefficient (Wildman–Crippen LogP) is 3.39. The molecule has 0 saturated carbocycles. The molecule has 0 radical (unpaired) electrons. The molecule has 0 aliphatic carbocycles. The van der Waals surface area contributed by atoms with E-state index >= 15 is 0 Å². The van der Waals surface area contributed by atoms with Gasteiger partial charge in [-0.05, 0) is 43.2 Å². The molecule has 2 aromatic rings. The molecule has 5 heteroatoms. The zero-order chi connectivity index (χ0) is 17.8. The molecule has 0 bridgehead atoms. The monoisotopic (exact) mass is 338 g/mol. The highest BCUT2D eigenvalue weighted by atomic mass is 16.5. The van der Waals surface area contributed by atoms with Crippen LogP contribution in [0.1, 0.15) is 25.8 Å². The Morgan fingerprint density at radius 3 is 2.48 bits per heavy atom. The third kappa shape index (κ3) is 3.50. The molecule has 1 N–H and O–H groups in total. The van der Waals surface area contributed by atoms with E-state index in [1.54, 1.807) is 18.2 Å². The Labute approximate surface area is 147 Å². The van der Waals surface area contributed by atoms with E-state index in [9.17, 15) is 9.59 Å². The summed E-state index contributed by atoms with van der Waals surface area (Å²) in [4.78, 5) is 26.5. The molecule has 1 aliphatic heterocycles. The molecule has 1 fully saturated rings. The molecule has 5 nitrogen and oxygen atoms in total. The number of anilines is 2. The molecular formula is C20H22N2O3. The SMILES string of the molecule is CCOc1ccccc1N1C(=O)C[C@@H](Nc2ccc(CC)cc2)C1=O. The Balaban J connectivity index is 1.80. The van der Waals surface area contributed by atoms with Crippen molar-refractivity contribution in [3.63, 3.8) is 0 Å². The van der Waals surface area contributed by atoms with Crippen molar-refractivity contribution in [2.45, 2.75) is 32.7 Å². The highest BCUT2D eigenvalue weighted by molar-refractivity contribution is 6.23. The summed E-state index contributed by atoms with van der Waals surface area (Å²) in [6, 6.07) is 14.5. The van der Waals surface area contributed by atoms with Gasteiger partial charge in [-0.2, -0.15) is 0 Å². The van der Waals surface area contributed by atoms with Crippen LogP contribution in [0.2, 0.25) is 0 Å². The van der Waals surface area contributed by atoms with Gasteiger partial charge in [-0.15, -0.1) is 0 Å². The molecule has 1 saturated heterocycles. The van der Waals surface area contributed by atoms with Gasteiger partial charge >= 0.3 is 0 Å². The van der Waals surface area contributed by atoms with Crippen molar-refractivity contribution in [2.75, 3.05) is 16.8 Å². The van der Waals surface area contributed by atoms with Gasteiger partial charge in [0, 0.05) is 5.69 Å². The van der Waals surface area contributed by atoms with Gasteiger partial charge in [-0.1, -0.05) is 31.2 Å². The zero-order valence-electron chi connectivity index (χ0n) is 14.5. The maximum absolute atomic E-state index is 12.8. The number of hydrogen-bond acceptors (Lipinski definition) is 4. The van der Waals surface area contributed by atoms with Crippen molar-refractivity contribution in [3.8, 4) is 5.75 Å². The average Bonchev–Trinajstić information content (AvgIpc) is 2.90. The number of carbonyl (C=O) groups excluding carboxylic acids is 2. The van der Waals surface area contributed by atoms with Crippen LogP contribution < -0.4 is 15.0 Å². The van der Waals surface area contributed by atoms with E-state index in [1.165, 1.54) is 10.5 Å². The summed E-state index contributed by atoms with van der Waals surface area (Å²) in [5, 5.41) is 3.17. The minimum atomic E-state index is -0.561. The molecule has 0 aromatic heterocycles. The van der Waals surface area contributed by atoms with Crippen LogP contribution in [-0.2, 0) is 16.0 Å². The van der Waals surface area contributed by atoms with Crippen molar-refractivity contribution >= 4 is 23.2 Å². The molecule has 1 heterocycles. The van der Waals surface area contributed by atoms with Gasteiger partial charge in [0.25, 0.3) is 5.91 Å². The first-order chi connectivity index (χ1) is 12.1. The average molecular weight is 338 g/mol. The van der Waals surface area contributed by atoms with E-state index < -0.39 is 6.04 Å². The first-order valence-corrected chi connectivity index (χ1v) is 8.58. The maximum Gasteiger partial charge on any atom is 0.256 e. The molecule has 0 unspecified atom stereocenters. The van der Waals surface area contributed by atoms with Crippen LogP contribution in [0.5, 0.6) is 5.75 Å². The van der Waals surface area contributed by atoms with Gasteiger partial charge in [0.1, 0.15) is 11.8 Å². The summed E-state index contributed by atoms with van der Waals surface area (Å²) in [6.45, 7) is 4.43. The number of rotatable bonds is 6. The van der Waals surface area contributed by atoms with Crippen LogP contribution in [0.3, 0.4) is 0 Å². The topological polar surface area (TPSA) is 58.6 Å². The molecule has 3 rings (SSSR count). The third-order valence-corrected chi connectivity index (χ3v) is 4.26. The fraction of sp³-hybridized carbons (Fsp3) is 0.300. The summed E-state index contributed by atoms with van der Waals surface area (Å²) in [5.74, 6) is 0.0659. The van der Waals surface area contributed by atoms with E-state index in [4.69, 9.17) is 4.74 Å². The van der Waals surface area contributed by atoms with Crippen LogP contribution in [0.4, 0.5) is 11.4 Å². The van der Waals surface area contributed by atoms with Crippen LogP contribution in [0.25, 0.3) is 0 Å². The van der Waals surface area contributed by atoms with Crippen LogP contribution in [0.15, 0.2) is 48.5 Å². The number of carbonyl (C=O) groups is 2. The number of nitrogens with one attached hydrogen (secondary N) is 1. The van der Waals surface area contributed by atoms with E-state index in [2.05, 4.69) is 12.2 Å². The minimum absolute atomic E-state index is 0.134. The van der Waals surface area contributed by atoms with Gasteiger partial charge in [-0.25, -0.2) is 4.90 Å². The van der Waals surface area contributed by atoms with E-state index in [0.29, 0.717) is 18.0 Å². The van der Waals surface area contributed by atoms with E-state index in [0.717, 1.165) is 12.1 Å². The van der Waals surface area contributed by atoms with Gasteiger partial charge in [0.05, 0.1) is 18.7 Å². The van der Waals surface area contributed by atoms with E-state index in [1.807, 2.05) is 37.3 Å². The number of benzene rings is 2. The second kappa shape index (κ2) is 7.38. The Bertz CT molecular complexity index is 771. The minimum Gasteiger partial charge on any atom is -0.492 e. The Kier molecular flexibility index (Phi) is 5.03. The molecule has 2 amide bonds. The molecule has 25 heavy (non-hydrogen) atoms. The quantitative estimate of drug-likeness (QED) is 0.820. The molecule has 130 valence electrons. The van der Waals surface area contributed by atoms with Gasteiger partial charge in [0.2, 0.25) is 5.91 Å². The molecule has 1 atom stereocenters. The highest BCUT2D eigenvalue weighted by Crippen LogP contribution is 2.32. The Morgan fingerprint density at radius 2 is 1.80 bits per heavy atom. The smallest absolute Gasteiger partial charge is 0.256 e. The summed E-state index contributed by atoms with van der Waals surface area (Å²) in [5.41, 5.74) is 2.57. The first-order valence-electron chi connectivity index (χ1n) is 8.58. The largest absolute Gasteiger partial charge is 0.492 e. The van der Waals surface area contributed by atoms with Gasteiger partial charge in [-0.3, -0.25) is 9.59 Å². The van der Waals surface area contributed by atoms with Crippen LogP contribution in [-0.4, -0.2) is 24.5 Å². The van der Waals surface area contributed by atoms with Crippen molar-refractivity contribution in [1.82, 2.24) is 0 Å². The number of imide groups is 1. The number of ether oxygens (including phenoxy) is 1. The lowest BCUT2D eigenvalue weighted by molar-refractivity contribution is -0.121. The second-order valence-corrected chi connectivity index (χ2v) is 5.92. The van der Waals surface area contributed by atoms with Crippen molar-refractivity contribution in [3.05, 3.63) is 54.1 Å². The van der Waals surface area contributed by atoms with Crippen molar-refractivity contribution in [1.29, 1.82) is 0 Å². The fourth-order valence-corrected chi connectivity index (χ4v) is 2.96. The molecule has 1 aliphatic rings. The summed E-state index contributed by atoms with van der Waals surface area (Å²) < 4.78 is 5.56. The molecule has 2 aromatic carbocycles. The third-order valence-electron chi connectivity index (χ3n) is 4.26. The van der Waals surface area contributed by atoms with Crippen molar-refractivity contribution in [2.24, 2.45) is 0 Å². The lowest BCUT2D eigenvalue weighted by Gasteiger charge is -2.19. The fourth-order valence-electron chi connectivity index (χ4n) is 2.96. The summed E-state index contributed by atoms with van der Waals surface area (Å²) in [7, 11) is 0. The standard InChI is InChI=1S/C20H22N2O3/c1-3-14-9-11-15(12-10-14)21-16-13-19(23)22(20(16)24)17-7-5-6-8-18(17)25-4-2/h5-12,16,21H,3-4,13H2,1-2H3/t16-/m1/s1. The number of amides is 2. The van der Waals surface area contributed by atoms with E-state index in [-0.39, 0.29) is 18.2 Å². The van der Waals surface area contributed by atoms with Crippen molar-refractivity contribution < 1.29 is 14.3 Å². The number of nitrogens with zero attached hydrogens (tertiary/aromatic N) is 1. The number of hydrogen-bond donors (Lipinski definition) is 1. The lowest BCUT2D eigenvalue weighted by Crippen LogP contribution is -2.35. The Morgan fingerprint density at radius 1 is 1.08 bits per heavy atom.